The van der Waals surface area contributed by atoms with Crippen LogP contribution in [0.5, 0.6) is 0 Å². The monoisotopic (exact) mass is 444 g/mol. The Balaban J connectivity index is 2.12. The molecule has 0 bridgehead atoms. The zero-order chi connectivity index (χ0) is 17.0. The summed E-state index contributed by atoms with van der Waals surface area (Å²) < 4.78 is 0. The molecule has 0 saturated carbocycles. The number of benzene rings is 2. The maximum Gasteiger partial charge on any atom is 0.0809 e. The molecule has 0 heterocycles. The van der Waals surface area contributed by atoms with Crippen molar-refractivity contribution in [1.82, 2.24) is 0 Å². The highest BCUT2D eigenvalue weighted by Crippen LogP contribution is 2.51. The molecule has 124 valence electrons. The Labute approximate surface area is 169 Å². The van der Waals surface area contributed by atoms with Gasteiger partial charge in [-0.25, -0.2) is 0 Å². The van der Waals surface area contributed by atoms with Crippen LogP contribution in [0.15, 0.2) is 34.1 Å². The van der Waals surface area contributed by atoms with Crippen LogP contribution in [0.25, 0.3) is 0 Å². The fraction of sp³-hybridized carbons (Fsp3) is 0.250. The fourth-order valence-electron chi connectivity index (χ4n) is 1.84. The third-order valence-electron chi connectivity index (χ3n) is 3.13. The molecule has 0 nitrogen and oxygen atoms in total. The molecule has 0 aliphatic heterocycles. The van der Waals surface area contributed by atoms with Crippen molar-refractivity contribution in [3.05, 3.63) is 54.9 Å². The van der Waals surface area contributed by atoms with Crippen molar-refractivity contribution >= 4 is 79.6 Å². The molecule has 23 heavy (non-hydrogen) atoms. The van der Waals surface area contributed by atoms with E-state index in [-0.39, 0.29) is 15.1 Å². The molecule has 0 saturated heterocycles. The van der Waals surface area contributed by atoms with Gasteiger partial charge in [-0.05, 0) is 41.3 Å². The van der Waals surface area contributed by atoms with Crippen molar-refractivity contribution < 1.29 is 0 Å². The SMILES string of the molecule is CCCCc1ccc(SSc2c(Cl)c(Cl)c(Cl)c(Cl)c2Cl)cc1. The Morgan fingerprint density at radius 3 is 1.78 bits per heavy atom. The smallest absolute Gasteiger partial charge is 0.0809 e. The Morgan fingerprint density at radius 1 is 0.739 bits per heavy atom. The summed E-state index contributed by atoms with van der Waals surface area (Å²) in [4.78, 5) is 1.72. The van der Waals surface area contributed by atoms with Gasteiger partial charge < -0.3 is 0 Å². The number of unbranched alkanes of at least 4 members (excludes halogenated alkanes) is 1. The van der Waals surface area contributed by atoms with Crippen molar-refractivity contribution in [1.29, 1.82) is 0 Å². The number of hydrogen-bond acceptors (Lipinski definition) is 2. The summed E-state index contributed by atoms with van der Waals surface area (Å²) in [5.74, 6) is 0. The zero-order valence-corrected chi connectivity index (χ0v) is 17.5. The highest BCUT2D eigenvalue weighted by Gasteiger charge is 2.20. The van der Waals surface area contributed by atoms with Gasteiger partial charge in [0.05, 0.1) is 30.0 Å². The molecule has 2 aromatic carbocycles. The van der Waals surface area contributed by atoms with E-state index in [1.165, 1.54) is 29.2 Å². The summed E-state index contributed by atoms with van der Waals surface area (Å²) in [7, 11) is 2.96. The molecule has 2 rings (SSSR count). The lowest BCUT2D eigenvalue weighted by Gasteiger charge is -2.11. The van der Waals surface area contributed by atoms with E-state index < -0.39 is 0 Å². The van der Waals surface area contributed by atoms with Crippen molar-refractivity contribution in [2.24, 2.45) is 0 Å². The normalized spacial score (nSPS) is 11.0. The maximum atomic E-state index is 6.23. The van der Waals surface area contributed by atoms with Gasteiger partial charge in [-0.2, -0.15) is 0 Å². The molecular weight excluding hydrogens is 434 g/mol. The van der Waals surface area contributed by atoms with Crippen LogP contribution in [0.4, 0.5) is 0 Å². The zero-order valence-electron chi connectivity index (χ0n) is 12.1. The molecule has 0 spiro atoms. The molecule has 2 aromatic rings. The first-order valence-electron chi connectivity index (χ1n) is 6.90. The van der Waals surface area contributed by atoms with Crippen molar-refractivity contribution in [3.63, 3.8) is 0 Å². The van der Waals surface area contributed by atoms with E-state index in [4.69, 9.17) is 58.0 Å². The minimum atomic E-state index is 0.179. The van der Waals surface area contributed by atoms with E-state index >= 15 is 0 Å². The molecule has 0 unspecified atom stereocenters. The van der Waals surface area contributed by atoms with Crippen LogP contribution in [-0.2, 0) is 6.42 Å². The Bertz CT molecular complexity index is 657. The molecule has 0 atom stereocenters. The predicted molar refractivity (Wildman–Crippen MR) is 108 cm³/mol. The van der Waals surface area contributed by atoms with Gasteiger partial charge in [0.2, 0.25) is 0 Å². The number of hydrogen-bond donors (Lipinski definition) is 0. The third kappa shape index (κ3) is 5.04. The average molecular weight is 447 g/mol. The van der Waals surface area contributed by atoms with Gasteiger partial charge in [-0.3, -0.25) is 0 Å². The van der Waals surface area contributed by atoms with Crippen molar-refractivity contribution in [2.45, 2.75) is 36.0 Å². The van der Waals surface area contributed by atoms with Gasteiger partial charge in [-0.15, -0.1) is 0 Å². The van der Waals surface area contributed by atoms with Gasteiger partial charge in [0, 0.05) is 4.90 Å². The largest absolute Gasteiger partial charge is 0.0813 e. The quantitative estimate of drug-likeness (QED) is 0.246. The number of halogens is 5. The molecule has 0 amide bonds. The van der Waals surface area contributed by atoms with Crippen LogP contribution in [0.3, 0.4) is 0 Å². The lowest BCUT2D eigenvalue weighted by molar-refractivity contribution is 0.794. The first-order valence-corrected chi connectivity index (χ1v) is 10.9. The topological polar surface area (TPSA) is 0 Å². The third-order valence-corrected chi connectivity index (χ3v) is 8.08. The Kier molecular flexibility index (Phi) is 8.08. The second kappa shape index (κ2) is 9.33. The van der Waals surface area contributed by atoms with Gasteiger partial charge in [-0.1, -0.05) is 94.3 Å². The van der Waals surface area contributed by atoms with Crippen LogP contribution in [0.2, 0.25) is 25.1 Å². The van der Waals surface area contributed by atoms with Crippen LogP contribution in [-0.4, -0.2) is 0 Å². The summed E-state index contributed by atoms with van der Waals surface area (Å²) in [5, 5.41) is 1.27. The van der Waals surface area contributed by atoms with Gasteiger partial charge in [0.1, 0.15) is 0 Å². The molecule has 0 radical (unpaired) electrons. The first kappa shape index (κ1) is 19.9. The summed E-state index contributed by atoms with van der Waals surface area (Å²) in [6.07, 6.45) is 3.50. The number of rotatable bonds is 6. The van der Waals surface area contributed by atoms with E-state index in [1.54, 1.807) is 10.8 Å². The number of aryl methyl sites for hydroxylation is 1. The van der Waals surface area contributed by atoms with Crippen LogP contribution in [0.1, 0.15) is 25.3 Å². The van der Waals surface area contributed by atoms with E-state index in [0.717, 1.165) is 11.3 Å². The van der Waals surface area contributed by atoms with E-state index in [2.05, 4.69) is 31.2 Å². The average Bonchev–Trinajstić information content (AvgIpc) is 2.57. The molecular formula is C16H13Cl5S2. The lowest BCUT2D eigenvalue weighted by atomic mass is 10.1. The highest BCUT2D eigenvalue weighted by molar-refractivity contribution is 8.76. The first-order chi connectivity index (χ1) is 11.0. The molecule has 0 aliphatic rings. The van der Waals surface area contributed by atoms with Gasteiger partial charge in [0.15, 0.2) is 0 Å². The fourth-order valence-corrected chi connectivity index (χ4v) is 5.75. The lowest BCUT2D eigenvalue weighted by Crippen LogP contribution is -1.84. The standard InChI is InChI=1S/C16H13Cl5S2/c1-2-3-4-9-5-7-10(8-6-9)22-23-16-14(20)12(18)11(17)13(19)15(16)21/h5-8H,2-4H2,1H3. The highest BCUT2D eigenvalue weighted by atomic mass is 35.5. The Hall–Kier alpha value is 0.590. The van der Waals surface area contributed by atoms with E-state index in [9.17, 15) is 0 Å². The summed E-state index contributed by atoms with van der Waals surface area (Å²) >= 11 is 30.6. The summed E-state index contributed by atoms with van der Waals surface area (Å²) in [6, 6.07) is 8.46. The molecule has 0 aromatic heterocycles. The van der Waals surface area contributed by atoms with Crippen molar-refractivity contribution in [2.75, 3.05) is 0 Å². The van der Waals surface area contributed by atoms with E-state index in [0.29, 0.717) is 14.9 Å². The van der Waals surface area contributed by atoms with Crippen LogP contribution >= 0.6 is 79.6 Å². The second-order valence-electron chi connectivity index (χ2n) is 4.81. The molecule has 0 N–H and O–H groups in total. The van der Waals surface area contributed by atoms with Crippen LogP contribution < -0.4 is 0 Å². The van der Waals surface area contributed by atoms with Gasteiger partial charge >= 0.3 is 0 Å². The van der Waals surface area contributed by atoms with Crippen LogP contribution in [0, 0.1) is 0 Å². The molecule has 0 aliphatic carbocycles. The van der Waals surface area contributed by atoms with Gasteiger partial charge in [0.25, 0.3) is 0 Å². The minimum absolute atomic E-state index is 0.179. The van der Waals surface area contributed by atoms with E-state index in [1.807, 2.05) is 0 Å². The van der Waals surface area contributed by atoms with Crippen molar-refractivity contribution in [3.8, 4) is 0 Å². The molecule has 7 heteroatoms. The summed E-state index contributed by atoms with van der Waals surface area (Å²) in [5.41, 5.74) is 1.34. The Morgan fingerprint density at radius 2 is 1.26 bits per heavy atom. The summed E-state index contributed by atoms with van der Waals surface area (Å²) in [6.45, 7) is 2.19. The maximum absolute atomic E-state index is 6.23. The molecule has 0 fully saturated rings. The minimum Gasteiger partial charge on any atom is -0.0813 e. The second-order valence-corrected chi connectivity index (χ2v) is 8.92. The predicted octanol–water partition coefficient (Wildman–Crippen LogP) is 9.10.